The van der Waals surface area contributed by atoms with Crippen molar-refractivity contribution in [2.45, 2.75) is 72.9 Å². The van der Waals surface area contributed by atoms with Crippen molar-refractivity contribution in [3.05, 3.63) is 52.6 Å². The Morgan fingerprint density at radius 1 is 0.750 bits per heavy atom. The first kappa shape index (κ1) is 16.0. The Morgan fingerprint density at radius 2 is 1.21 bits per heavy atom. The predicted octanol–water partition coefficient (Wildman–Crippen LogP) is 6.13. The lowest BCUT2D eigenvalue weighted by atomic mass is 9.78. The minimum atomic E-state index is 0.264. The van der Waals surface area contributed by atoms with E-state index in [9.17, 15) is 0 Å². The molecule has 2 fully saturated rings. The van der Waals surface area contributed by atoms with E-state index in [1.165, 1.54) is 24.9 Å². The molecule has 2 bridgehead atoms. The first-order valence-electron chi connectivity index (χ1n) is 9.50. The van der Waals surface area contributed by atoms with Crippen molar-refractivity contribution < 1.29 is 0 Å². The number of allylic oxidation sites excluding steroid dienone is 2. The number of fused-ring (bicyclic) bond motifs is 5. The summed E-state index contributed by atoms with van der Waals surface area (Å²) in [6.45, 7) is 14.4. The maximum atomic E-state index is 2.72. The second-order valence-corrected chi connectivity index (χ2v) is 9.81. The van der Waals surface area contributed by atoms with E-state index < -0.39 is 0 Å². The van der Waals surface area contributed by atoms with Crippen molar-refractivity contribution in [3.8, 4) is 0 Å². The Kier molecular flexibility index (Phi) is 3.33. The van der Waals surface area contributed by atoms with Crippen LogP contribution in [0.5, 0.6) is 0 Å². The molecule has 0 amide bonds. The van der Waals surface area contributed by atoms with Gasteiger partial charge in [0.05, 0.1) is 12.1 Å². The molecule has 128 valence electrons. The second kappa shape index (κ2) is 5.00. The molecule has 1 aromatic rings. The maximum absolute atomic E-state index is 2.72. The van der Waals surface area contributed by atoms with Crippen LogP contribution in [0.3, 0.4) is 0 Å². The summed E-state index contributed by atoms with van der Waals surface area (Å²) in [6.07, 6.45) is 3.83. The highest BCUT2D eigenvalue weighted by Crippen LogP contribution is 2.58. The van der Waals surface area contributed by atoms with Gasteiger partial charge in [-0.2, -0.15) is 0 Å². The summed E-state index contributed by atoms with van der Waals surface area (Å²) in [5.41, 5.74) is 8.77. The van der Waals surface area contributed by atoms with Crippen molar-refractivity contribution >= 4 is 5.69 Å². The molecule has 0 saturated carbocycles. The van der Waals surface area contributed by atoms with E-state index in [4.69, 9.17) is 0 Å². The van der Waals surface area contributed by atoms with Gasteiger partial charge in [0, 0.05) is 5.69 Å². The molecule has 1 aliphatic carbocycles. The van der Waals surface area contributed by atoms with E-state index in [1.54, 1.807) is 22.3 Å². The van der Waals surface area contributed by atoms with Gasteiger partial charge in [0.25, 0.3) is 0 Å². The van der Waals surface area contributed by atoms with Gasteiger partial charge in [0.15, 0.2) is 0 Å². The van der Waals surface area contributed by atoms with Crippen LogP contribution in [0.25, 0.3) is 0 Å². The van der Waals surface area contributed by atoms with E-state index >= 15 is 0 Å². The van der Waals surface area contributed by atoms with Crippen LogP contribution >= 0.6 is 0 Å². The van der Waals surface area contributed by atoms with Crippen LogP contribution in [0.15, 0.2) is 52.6 Å². The molecule has 2 saturated heterocycles. The van der Waals surface area contributed by atoms with Crippen molar-refractivity contribution in [3.63, 3.8) is 0 Å². The highest BCUT2D eigenvalue weighted by atomic mass is 15.2. The minimum absolute atomic E-state index is 0.264. The van der Waals surface area contributed by atoms with Gasteiger partial charge in [-0.25, -0.2) is 0 Å². The molecule has 2 atom stereocenters. The molecule has 0 spiro atoms. The minimum Gasteiger partial charge on any atom is -0.357 e. The third kappa shape index (κ3) is 2.20. The van der Waals surface area contributed by atoms with Crippen molar-refractivity contribution in [1.82, 2.24) is 0 Å². The molecule has 2 aliphatic heterocycles. The van der Waals surface area contributed by atoms with Crippen LogP contribution < -0.4 is 4.90 Å². The Bertz CT molecular complexity index is 678. The smallest absolute Gasteiger partial charge is 0.0553 e. The molecule has 1 aromatic carbocycles. The predicted molar refractivity (Wildman–Crippen MR) is 103 cm³/mol. The fourth-order valence-electron chi connectivity index (χ4n) is 5.13. The lowest BCUT2D eigenvalue weighted by Gasteiger charge is -2.30. The Hall–Kier alpha value is -1.50. The number of nitrogens with zero attached hydrogens (tertiary/aromatic N) is 1. The largest absolute Gasteiger partial charge is 0.357 e. The Labute approximate surface area is 147 Å². The monoisotopic (exact) mass is 321 g/mol. The molecule has 2 unspecified atom stereocenters. The zero-order valence-electron chi connectivity index (χ0n) is 16.1. The second-order valence-electron chi connectivity index (χ2n) is 9.81. The zero-order valence-corrected chi connectivity index (χ0v) is 16.1. The summed E-state index contributed by atoms with van der Waals surface area (Å²) in [7, 11) is 0. The number of anilines is 1. The number of para-hydroxylation sites is 1. The van der Waals surface area contributed by atoms with E-state index in [0.717, 1.165) is 0 Å². The summed E-state index contributed by atoms with van der Waals surface area (Å²) >= 11 is 0. The molecule has 4 rings (SSSR count). The summed E-state index contributed by atoms with van der Waals surface area (Å²) in [6, 6.07) is 12.3. The number of benzene rings is 1. The van der Waals surface area contributed by atoms with E-state index in [1.807, 2.05) is 0 Å². The standard InChI is InChI=1S/C23H31N/c1-22(2,3)16-14-17(23(4,5)6)21-19-13-12-18(20(16)21)24(19)15-10-8-7-9-11-15/h7-11,18-19H,12-14H2,1-6H3. The van der Waals surface area contributed by atoms with Gasteiger partial charge in [-0.15, -0.1) is 0 Å². The van der Waals surface area contributed by atoms with E-state index in [0.29, 0.717) is 12.1 Å². The molecular weight excluding hydrogens is 290 g/mol. The first-order valence-corrected chi connectivity index (χ1v) is 9.50. The lowest BCUT2D eigenvalue weighted by molar-refractivity contribution is 0.453. The lowest BCUT2D eigenvalue weighted by Crippen LogP contribution is -2.30. The van der Waals surface area contributed by atoms with Gasteiger partial charge < -0.3 is 4.90 Å². The van der Waals surface area contributed by atoms with Gasteiger partial charge in [-0.3, -0.25) is 0 Å². The number of hydrogen-bond donors (Lipinski definition) is 0. The summed E-state index contributed by atoms with van der Waals surface area (Å²) < 4.78 is 0. The first-order chi connectivity index (χ1) is 11.2. The zero-order chi connectivity index (χ0) is 17.3. The van der Waals surface area contributed by atoms with Crippen LogP contribution in [0.1, 0.15) is 60.8 Å². The third-order valence-corrected chi connectivity index (χ3v) is 6.21. The van der Waals surface area contributed by atoms with Crippen LogP contribution in [-0.2, 0) is 0 Å². The fraction of sp³-hybridized carbons (Fsp3) is 0.565. The molecule has 0 radical (unpaired) electrons. The van der Waals surface area contributed by atoms with Gasteiger partial charge in [0.2, 0.25) is 0 Å². The average molecular weight is 322 g/mol. The van der Waals surface area contributed by atoms with Crippen molar-refractivity contribution in [1.29, 1.82) is 0 Å². The van der Waals surface area contributed by atoms with Crippen LogP contribution in [-0.4, -0.2) is 12.1 Å². The Morgan fingerprint density at radius 3 is 1.62 bits per heavy atom. The third-order valence-electron chi connectivity index (χ3n) is 6.21. The molecule has 0 N–H and O–H groups in total. The highest BCUT2D eigenvalue weighted by molar-refractivity contribution is 5.70. The topological polar surface area (TPSA) is 3.24 Å². The summed E-state index contributed by atoms with van der Waals surface area (Å²) in [4.78, 5) is 2.72. The quantitative estimate of drug-likeness (QED) is 0.601. The van der Waals surface area contributed by atoms with Gasteiger partial charge in [-0.05, 0) is 53.4 Å². The molecule has 1 heteroatoms. The number of rotatable bonds is 1. The van der Waals surface area contributed by atoms with Crippen LogP contribution in [0.2, 0.25) is 0 Å². The molecule has 1 nitrogen and oxygen atoms in total. The van der Waals surface area contributed by atoms with Crippen LogP contribution in [0.4, 0.5) is 5.69 Å². The summed E-state index contributed by atoms with van der Waals surface area (Å²) in [5.74, 6) is 0. The molecule has 2 heterocycles. The summed E-state index contributed by atoms with van der Waals surface area (Å²) in [5, 5.41) is 0. The number of hydrogen-bond acceptors (Lipinski definition) is 1. The van der Waals surface area contributed by atoms with Gasteiger partial charge in [0.1, 0.15) is 0 Å². The van der Waals surface area contributed by atoms with E-state index in [-0.39, 0.29) is 10.8 Å². The van der Waals surface area contributed by atoms with Crippen LogP contribution in [0, 0.1) is 10.8 Å². The molecular formula is C23H31N. The fourth-order valence-corrected chi connectivity index (χ4v) is 5.13. The van der Waals surface area contributed by atoms with Crippen molar-refractivity contribution in [2.24, 2.45) is 10.8 Å². The van der Waals surface area contributed by atoms with E-state index in [2.05, 4.69) is 76.8 Å². The molecule has 3 aliphatic rings. The van der Waals surface area contributed by atoms with Crippen molar-refractivity contribution in [2.75, 3.05) is 4.90 Å². The average Bonchev–Trinajstić information content (AvgIpc) is 3.15. The van der Waals surface area contributed by atoms with Gasteiger partial charge >= 0.3 is 0 Å². The SMILES string of the molecule is CC(C)(C)C1=C2C(=C(C(C)(C)C)C1)C1CCC2N1c1ccccc1. The Balaban J connectivity index is 1.89. The maximum Gasteiger partial charge on any atom is 0.0553 e. The molecule has 24 heavy (non-hydrogen) atoms. The van der Waals surface area contributed by atoms with Gasteiger partial charge in [-0.1, -0.05) is 70.9 Å². The normalized spacial score (nSPS) is 26.7. The highest BCUT2D eigenvalue weighted by Gasteiger charge is 2.52. The molecule has 0 aromatic heterocycles.